The van der Waals surface area contributed by atoms with Gasteiger partial charge in [-0.05, 0) is 50.6 Å². The van der Waals surface area contributed by atoms with Gasteiger partial charge in [-0.15, -0.1) is 0 Å². The number of pyridine rings is 1. The molecule has 0 bridgehead atoms. The molecule has 0 spiro atoms. The highest BCUT2D eigenvalue weighted by Gasteiger charge is 2.22. The lowest BCUT2D eigenvalue weighted by Crippen LogP contribution is -2.32. The number of amides is 1. The summed E-state index contributed by atoms with van der Waals surface area (Å²) in [4.78, 5) is 19.4. The Kier molecular flexibility index (Phi) is 5.30. The number of benzene rings is 1. The van der Waals surface area contributed by atoms with E-state index in [1.54, 1.807) is 25.1 Å². The Morgan fingerprint density at radius 1 is 1.23 bits per heavy atom. The van der Waals surface area contributed by atoms with E-state index in [1.807, 2.05) is 11.8 Å². The van der Waals surface area contributed by atoms with Crippen LogP contribution in [-0.4, -0.2) is 34.0 Å². The smallest absolute Gasteiger partial charge is 0.259 e. The van der Waals surface area contributed by atoms with Crippen molar-refractivity contribution >= 4 is 17.0 Å². The SMILES string of the molecule is CCCCN(CC)C(=O)c1cc(-c2ccc(F)cc2)nc2onc(C)c12. The van der Waals surface area contributed by atoms with Crippen LogP contribution in [0.4, 0.5) is 4.39 Å². The summed E-state index contributed by atoms with van der Waals surface area (Å²) < 4.78 is 18.5. The first-order valence-electron chi connectivity index (χ1n) is 8.87. The number of hydrogen-bond acceptors (Lipinski definition) is 4. The number of aryl methyl sites for hydroxylation is 1. The van der Waals surface area contributed by atoms with Gasteiger partial charge in [0.25, 0.3) is 11.6 Å². The maximum Gasteiger partial charge on any atom is 0.259 e. The second kappa shape index (κ2) is 7.64. The zero-order valence-electron chi connectivity index (χ0n) is 15.3. The fourth-order valence-corrected chi connectivity index (χ4v) is 2.95. The lowest BCUT2D eigenvalue weighted by atomic mass is 10.0. The number of unbranched alkanes of at least 4 members (excludes halogenated alkanes) is 1. The van der Waals surface area contributed by atoms with Crippen molar-refractivity contribution in [2.24, 2.45) is 0 Å². The lowest BCUT2D eigenvalue weighted by molar-refractivity contribution is 0.0764. The van der Waals surface area contributed by atoms with Crippen LogP contribution >= 0.6 is 0 Å². The fourth-order valence-electron chi connectivity index (χ4n) is 2.95. The van der Waals surface area contributed by atoms with E-state index in [9.17, 15) is 9.18 Å². The zero-order chi connectivity index (χ0) is 18.7. The molecule has 1 aromatic carbocycles. The van der Waals surface area contributed by atoms with Crippen LogP contribution in [0.5, 0.6) is 0 Å². The molecule has 0 aliphatic heterocycles. The van der Waals surface area contributed by atoms with Crippen LogP contribution in [0.15, 0.2) is 34.9 Å². The van der Waals surface area contributed by atoms with Crippen molar-refractivity contribution in [2.45, 2.75) is 33.6 Å². The fraction of sp³-hybridized carbons (Fsp3) is 0.350. The Balaban J connectivity index is 2.11. The Morgan fingerprint density at radius 2 is 1.96 bits per heavy atom. The molecule has 3 rings (SSSR count). The van der Waals surface area contributed by atoms with Crippen molar-refractivity contribution in [1.82, 2.24) is 15.0 Å². The molecule has 0 fully saturated rings. The van der Waals surface area contributed by atoms with Crippen LogP contribution in [0.25, 0.3) is 22.4 Å². The maximum atomic E-state index is 13.2. The average molecular weight is 355 g/mol. The van der Waals surface area contributed by atoms with Gasteiger partial charge in [-0.25, -0.2) is 9.37 Å². The Hall–Kier alpha value is -2.76. The van der Waals surface area contributed by atoms with Gasteiger partial charge in [0.15, 0.2) is 0 Å². The van der Waals surface area contributed by atoms with E-state index >= 15 is 0 Å². The summed E-state index contributed by atoms with van der Waals surface area (Å²) >= 11 is 0. The van der Waals surface area contributed by atoms with Gasteiger partial charge in [0.2, 0.25) is 0 Å². The van der Waals surface area contributed by atoms with Gasteiger partial charge in [-0.2, -0.15) is 0 Å². The first-order chi connectivity index (χ1) is 12.5. The van der Waals surface area contributed by atoms with E-state index in [-0.39, 0.29) is 11.7 Å². The molecule has 1 amide bonds. The van der Waals surface area contributed by atoms with Crippen molar-refractivity contribution in [3.05, 3.63) is 47.4 Å². The predicted octanol–water partition coefficient (Wildman–Crippen LogP) is 4.60. The molecule has 0 saturated carbocycles. The number of rotatable bonds is 6. The molecular formula is C20H22FN3O2. The third-order valence-corrected chi connectivity index (χ3v) is 4.44. The van der Waals surface area contributed by atoms with Crippen molar-refractivity contribution in [2.75, 3.05) is 13.1 Å². The molecule has 0 radical (unpaired) electrons. The van der Waals surface area contributed by atoms with Gasteiger partial charge in [-0.3, -0.25) is 4.79 Å². The molecule has 5 nitrogen and oxygen atoms in total. The molecule has 0 unspecified atom stereocenters. The van der Waals surface area contributed by atoms with Gasteiger partial charge in [0.05, 0.1) is 22.3 Å². The molecule has 0 aliphatic rings. The molecule has 0 N–H and O–H groups in total. The molecular weight excluding hydrogens is 333 g/mol. The van der Waals surface area contributed by atoms with Crippen molar-refractivity contribution in [1.29, 1.82) is 0 Å². The molecule has 2 heterocycles. The highest BCUT2D eigenvalue weighted by Crippen LogP contribution is 2.28. The summed E-state index contributed by atoms with van der Waals surface area (Å²) in [6.45, 7) is 7.18. The second-order valence-electron chi connectivity index (χ2n) is 6.25. The minimum atomic E-state index is -0.321. The van der Waals surface area contributed by atoms with E-state index in [1.165, 1.54) is 12.1 Å². The largest absolute Gasteiger partial charge is 0.339 e. The molecule has 6 heteroatoms. The summed E-state index contributed by atoms with van der Waals surface area (Å²) in [5, 5.41) is 4.60. The van der Waals surface area contributed by atoms with E-state index in [2.05, 4.69) is 17.1 Å². The van der Waals surface area contributed by atoms with E-state index in [0.717, 1.165) is 12.8 Å². The standard InChI is InChI=1S/C20H22FN3O2/c1-4-6-11-24(5-2)20(25)16-12-17(14-7-9-15(21)10-8-14)22-19-18(16)13(3)23-26-19/h7-10,12H,4-6,11H2,1-3H3. The number of carbonyl (C=O) groups excluding carboxylic acids is 1. The molecule has 0 saturated heterocycles. The summed E-state index contributed by atoms with van der Waals surface area (Å²) in [5.41, 5.74) is 2.75. The summed E-state index contributed by atoms with van der Waals surface area (Å²) in [6.07, 6.45) is 1.96. The number of fused-ring (bicyclic) bond motifs is 1. The zero-order valence-corrected chi connectivity index (χ0v) is 15.3. The van der Waals surface area contributed by atoms with Crippen LogP contribution < -0.4 is 0 Å². The molecule has 2 aromatic heterocycles. The molecule has 26 heavy (non-hydrogen) atoms. The normalized spacial score (nSPS) is 11.1. The van der Waals surface area contributed by atoms with E-state index in [4.69, 9.17) is 4.52 Å². The van der Waals surface area contributed by atoms with Gasteiger partial charge >= 0.3 is 0 Å². The van der Waals surface area contributed by atoms with Crippen LogP contribution in [0.3, 0.4) is 0 Å². The molecule has 0 aliphatic carbocycles. The minimum Gasteiger partial charge on any atom is -0.339 e. The monoisotopic (exact) mass is 355 g/mol. The van der Waals surface area contributed by atoms with E-state index < -0.39 is 0 Å². The molecule has 0 atom stereocenters. The third-order valence-electron chi connectivity index (χ3n) is 4.44. The predicted molar refractivity (Wildman–Crippen MR) is 98.4 cm³/mol. The Labute approximate surface area is 151 Å². The summed E-state index contributed by atoms with van der Waals surface area (Å²) in [7, 11) is 0. The molecule has 3 aromatic rings. The Morgan fingerprint density at radius 3 is 2.62 bits per heavy atom. The van der Waals surface area contributed by atoms with Crippen LogP contribution in [-0.2, 0) is 0 Å². The maximum absolute atomic E-state index is 13.2. The number of aromatic nitrogens is 2. The van der Waals surface area contributed by atoms with Crippen molar-refractivity contribution < 1.29 is 13.7 Å². The van der Waals surface area contributed by atoms with E-state index in [0.29, 0.717) is 46.7 Å². The highest BCUT2D eigenvalue weighted by atomic mass is 19.1. The van der Waals surface area contributed by atoms with Crippen LogP contribution in [0.2, 0.25) is 0 Å². The number of carbonyl (C=O) groups is 1. The van der Waals surface area contributed by atoms with Gasteiger partial charge in [0.1, 0.15) is 5.82 Å². The Bertz CT molecular complexity index is 919. The van der Waals surface area contributed by atoms with Gasteiger partial charge in [-0.1, -0.05) is 18.5 Å². The highest BCUT2D eigenvalue weighted by molar-refractivity contribution is 6.07. The first-order valence-corrected chi connectivity index (χ1v) is 8.87. The lowest BCUT2D eigenvalue weighted by Gasteiger charge is -2.21. The van der Waals surface area contributed by atoms with Crippen molar-refractivity contribution in [3.63, 3.8) is 0 Å². The first kappa shape index (κ1) is 18.0. The quantitative estimate of drug-likeness (QED) is 0.648. The van der Waals surface area contributed by atoms with Crippen LogP contribution in [0, 0.1) is 12.7 Å². The minimum absolute atomic E-state index is 0.0667. The molecule has 136 valence electrons. The van der Waals surface area contributed by atoms with Crippen LogP contribution in [0.1, 0.15) is 42.7 Å². The number of nitrogens with zero attached hydrogens (tertiary/aromatic N) is 3. The van der Waals surface area contributed by atoms with Gasteiger partial charge < -0.3 is 9.42 Å². The average Bonchev–Trinajstić information content (AvgIpc) is 3.03. The van der Waals surface area contributed by atoms with Gasteiger partial charge in [0, 0.05) is 18.7 Å². The topological polar surface area (TPSA) is 59.2 Å². The number of halogens is 1. The number of hydrogen-bond donors (Lipinski definition) is 0. The van der Waals surface area contributed by atoms with Crippen molar-refractivity contribution in [3.8, 4) is 11.3 Å². The summed E-state index contributed by atoms with van der Waals surface area (Å²) in [5.74, 6) is -0.388. The summed E-state index contributed by atoms with van der Waals surface area (Å²) in [6, 6.07) is 7.75. The second-order valence-corrected chi connectivity index (χ2v) is 6.25. The third kappa shape index (κ3) is 3.45.